The van der Waals surface area contributed by atoms with Crippen LogP contribution in [0.15, 0.2) is 23.3 Å². The summed E-state index contributed by atoms with van der Waals surface area (Å²) < 4.78 is 5.19. The van der Waals surface area contributed by atoms with E-state index in [1.165, 1.54) is 25.2 Å². The van der Waals surface area contributed by atoms with Gasteiger partial charge < -0.3 is 14.9 Å². The fourth-order valence-electron chi connectivity index (χ4n) is 8.95. The molecule has 2 saturated carbocycles. The number of ketones is 1. The Morgan fingerprint density at radius 3 is 2.42 bits per heavy atom. The van der Waals surface area contributed by atoms with Crippen LogP contribution in [0.5, 0.6) is 0 Å². The van der Waals surface area contributed by atoms with E-state index in [0.29, 0.717) is 18.3 Å². The van der Waals surface area contributed by atoms with E-state index in [4.69, 9.17) is 4.74 Å². The van der Waals surface area contributed by atoms with Gasteiger partial charge in [-0.05, 0) is 96.0 Å². The number of allylic oxidation sites excluding steroid dienone is 4. The van der Waals surface area contributed by atoms with Gasteiger partial charge in [0, 0.05) is 20.0 Å². The van der Waals surface area contributed by atoms with Crippen molar-refractivity contribution in [3.8, 4) is 0 Å². The maximum absolute atomic E-state index is 13.0. The fourth-order valence-corrected chi connectivity index (χ4v) is 8.95. The number of ether oxygens (including phenoxy) is 1. The van der Waals surface area contributed by atoms with Gasteiger partial charge in [0.2, 0.25) is 0 Å². The van der Waals surface area contributed by atoms with Crippen LogP contribution < -0.4 is 0 Å². The molecule has 0 heterocycles. The van der Waals surface area contributed by atoms with E-state index in [9.17, 15) is 19.8 Å². The number of carboxylic acid groups (broad SMARTS) is 1. The number of aliphatic carboxylic acids is 1. The lowest BCUT2D eigenvalue weighted by atomic mass is 9.43. The lowest BCUT2D eigenvalue weighted by molar-refractivity contribution is -0.163. The maximum Gasteiger partial charge on any atom is 0.336 e. The highest BCUT2D eigenvalue weighted by molar-refractivity contribution is 5.88. The number of aliphatic hydroxyl groups excluding tert-OH is 1. The minimum absolute atomic E-state index is 0.000712. The van der Waals surface area contributed by atoms with Crippen LogP contribution in [0.25, 0.3) is 0 Å². The molecule has 4 aliphatic rings. The normalized spacial score (nSPS) is 41.6. The first-order valence-electron chi connectivity index (χ1n) is 14.0. The third-order valence-corrected chi connectivity index (χ3v) is 12.1. The summed E-state index contributed by atoms with van der Waals surface area (Å²) in [6, 6.07) is 0. The minimum Gasteiger partial charge on any atom is -0.479 e. The van der Waals surface area contributed by atoms with Crippen LogP contribution in [-0.4, -0.2) is 40.8 Å². The zero-order chi connectivity index (χ0) is 26.9. The van der Waals surface area contributed by atoms with Gasteiger partial charge in [0.1, 0.15) is 5.78 Å². The number of carbonyl (C=O) groups is 2. The summed E-state index contributed by atoms with van der Waals surface area (Å²) in [7, 11) is 1.36. The highest BCUT2D eigenvalue weighted by Crippen LogP contribution is 2.70. The largest absolute Gasteiger partial charge is 0.479 e. The van der Waals surface area contributed by atoms with Crippen LogP contribution in [0.1, 0.15) is 99.8 Å². The van der Waals surface area contributed by atoms with Crippen molar-refractivity contribution in [2.45, 2.75) is 112 Å². The summed E-state index contributed by atoms with van der Waals surface area (Å²) in [6.45, 7) is 15.4. The Balaban J connectivity index is 1.57. The Kier molecular flexibility index (Phi) is 6.74. The monoisotopic (exact) mass is 500 g/mol. The first-order chi connectivity index (χ1) is 16.6. The predicted molar refractivity (Wildman–Crippen MR) is 141 cm³/mol. The van der Waals surface area contributed by atoms with Crippen molar-refractivity contribution in [3.63, 3.8) is 0 Å². The highest BCUT2D eigenvalue weighted by atomic mass is 16.5. The van der Waals surface area contributed by atoms with Gasteiger partial charge in [0.25, 0.3) is 0 Å². The van der Waals surface area contributed by atoms with Crippen molar-refractivity contribution in [1.82, 2.24) is 0 Å². The van der Waals surface area contributed by atoms with E-state index in [2.05, 4.69) is 53.7 Å². The van der Waals surface area contributed by atoms with Gasteiger partial charge in [-0.1, -0.05) is 53.7 Å². The summed E-state index contributed by atoms with van der Waals surface area (Å²) in [6.07, 6.45) is 11.2. The standard InChI is InChI=1S/C31H48O5/c1-19(17-20(32)18-31(7,36-8)26(34)35)29(5)15-12-23-21-9-10-24-27(2,3)25(33)13-14-28(24,4)22(21)11-16-30(23,29)6/h9,12,19,22,24-25,33H,10-11,13-18H2,1-8H3,(H,34,35). The number of carboxylic acids is 1. The molecule has 0 amide bonds. The van der Waals surface area contributed by atoms with Gasteiger partial charge in [-0.15, -0.1) is 0 Å². The second kappa shape index (κ2) is 8.80. The highest BCUT2D eigenvalue weighted by Gasteiger charge is 2.62. The zero-order valence-corrected chi connectivity index (χ0v) is 23.7. The minimum atomic E-state index is -1.47. The molecule has 36 heavy (non-hydrogen) atoms. The molecule has 2 fully saturated rings. The molecular formula is C31H48O5. The van der Waals surface area contributed by atoms with Crippen molar-refractivity contribution in [2.24, 2.45) is 39.4 Å². The van der Waals surface area contributed by atoms with Crippen LogP contribution >= 0.6 is 0 Å². The summed E-state index contributed by atoms with van der Waals surface area (Å²) in [4.78, 5) is 24.7. The van der Waals surface area contributed by atoms with E-state index >= 15 is 0 Å². The third kappa shape index (κ3) is 3.78. The number of fused-ring (bicyclic) bond motifs is 5. The number of methoxy groups -OCH3 is 1. The Labute approximate surface area is 217 Å². The van der Waals surface area contributed by atoms with Crippen molar-refractivity contribution in [2.75, 3.05) is 7.11 Å². The maximum atomic E-state index is 13.0. The number of Topliss-reactive ketones (excluding diaryl/α,β-unsaturated/α-hetero) is 1. The smallest absolute Gasteiger partial charge is 0.336 e. The number of hydrogen-bond acceptors (Lipinski definition) is 4. The lowest BCUT2D eigenvalue weighted by Gasteiger charge is -2.62. The summed E-state index contributed by atoms with van der Waals surface area (Å²) >= 11 is 0. The Morgan fingerprint density at radius 1 is 1.14 bits per heavy atom. The molecule has 0 aromatic rings. The molecular weight excluding hydrogens is 452 g/mol. The zero-order valence-electron chi connectivity index (χ0n) is 23.7. The number of hydrogen-bond donors (Lipinski definition) is 2. The molecule has 5 nitrogen and oxygen atoms in total. The third-order valence-electron chi connectivity index (χ3n) is 12.1. The fraction of sp³-hybridized carbons (Fsp3) is 0.806. The van der Waals surface area contributed by atoms with Crippen LogP contribution in [0.2, 0.25) is 0 Å². The second-order valence-corrected chi connectivity index (χ2v) is 14.1. The SMILES string of the molecule is COC(C)(CC(=O)CC(C)C1(C)CC=C2C3=CCC4C(C)(C)C(O)CCC4(C)C3CCC21C)C(=O)O. The molecule has 8 atom stereocenters. The quantitative estimate of drug-likeness (QED) is 0.426. The molecule has 8 unspecified atom stereocenters. The molecule has 0 bridgehead atoms. The molecule has 0 aromatic heterocycles. The van der Waals surface area contributed by atoms with Crippen LogP contribution in [-0.2, 0) is 14.3 Å². The average molecular weight is 501 g/mol. The van der Waals surface area contributed by atoms with Crippen molar-refractivity contribution in [1.29, 1.82) is 0 Å². The number of aliphatic hydroxyl groups is 1. The lowest BCUT2D eigenvalue weighted by Crippen LogP contribution is -2.56. The molecule has 202 valence electrons. The second-order valence-electron chi connectivity index (χ2n) is 14.1. The van der Waals surface area contributed by atoms with E-state index < -0.39 is 11.6 Å². The molecule has 5 heteroatoms. The first kappa shape index (κ1) is 27.6. The average Bonchev–Trinajstić information content (AvgIpc) is 3.08. The van der Waals surface area contributed by atoms with Gasteiger partial charge in [-0.3, -0.25) is 4.79 Å². The Hall–Kier alpha value is -1.46. The summed E-state index contributed by atoms with van der Waals surface area (Å²) in [5.41, 5.74) is 1.63. The van der Waals surface area contributed by atoms with Crippen LogP contribution in [0.4, 0.5) is 0 Å². The molecule has 4 rings (SSSR count). The molecule has 0 aromatic carbocycles. The van der Waals surface area contributed by atoms with E-state index in [-0.39, 0.29) is 45.9 Å². The van der Waals surface area contributed by atoms with Crippen molar-refractivity contribution in [3.05, 3.63) is 23.3 Å². The van der Waals surface area contributed by atoms with Gasteiger partial charge in [-0.25, -0.2) is 4.79 Å². The van der Waals surface area contributed by atoms with Gasteiger partial charge in [-0.2, -0.15) is 0 Å². The molecule has 0 radical (unpaired) electrons. The van der Waals surface area contributed by atoms with E-state index in [1.54, 1.807) is 0 Å². The van der Waals surface area contributed by atoms with E-state index in [0.717, 1.165) is 38.5 Å². The van der Waals surface area contributed by atoms with Crippen LogP contribution in [0.3, 0.4) is 0 Å². The molecule has 2 N–H and O–H groups in total. The summed E-state index contributed by atoms with van der Waals surface area (Å²) in [5.74, 6) is 0.00502. The van der Waals surface area contributed by atoms with E-state index in [1.807, 2.05) is 0 Å². The van der Waals surface area contributed by atoms with Gasteiger partial charge in [0.05, 0.1) is 6.10 Å². The molecule has 0 aliphatic heterocycles. The van der Waals surface area contributed by atoms with Crippen LogP contribution in [0, 0.1) is 39.4 Å². The van der Waals surface area contributed by atoms with Gasteiger partial charge in [0.15, 0.2) is 5.60 Å². The topological polar surface area (TPSA) is 83.8 Å². The first-order valence-corrected chi connectivity index (χ1v) is 14.0. The van der Waals surface area contributed by atoms with Gasteiger partial charge >= 0.3 is 5.97 Å². The van der Waals surface area contributed by atoms with Crippen molar-refractivity contribution < 1.29 is 24.5 Å². The summed E-state index contributed by atoms with van der Waals surface area (Å²) in [5, 5.41) is 20.3. The Bertz CT molecular complexity index is 993. The Morgan fingerprint density at radius 2 is 1.81 bits per heavy atom. The molecule has 4 aliphatic carbocycles. The van der Waals surface area contributed by atoms with Crippen molar-refractivity contribution >= 4 is 11.8 Å². The predicted octanol–water partition coefficient (Wildman–Crippen LogP) is 6.35. The molecule has 0 spiro atoms. The molecule has 0 saturated heterocycles. The number of rotatable bonds is 7. The number of carbonyl (C=O) groups excluding carboxylic acids is 1.